The van der Waals surface area contributed by atoms with Crippen molar-refractivity contribution in [2.75, 3.05) is 20.3 Å². The van der Waals surface area contributed by atoms with Gasteiger partial charge in [0, 0.05) is 19.8 Å². The summed E-state index contributed by atoms with van der Waals surface area (Å²) in [7, 11) is 1.81. The Kier molecular flexibility index (Phi) is 8.64. The summed E-state index contributed by atoms with van der Waals surface area (Å²) in [5.41, 5.74) is 0. The largest absolute Gasteiger partial charge is 0.381 e. The molecule has 0 spiro atoms. The highest BCUT2D eigenvalue weighted by atomic mass is 16.5. The van der Waals surface area contributed by atoms with E-state index in [1.54, 1.807) is 0 Å². The summed E-state index contributed by atoms with van der Waals surface area (Å²) in [6.07, 6.45) is 9.34. The zero-order chi connectivity index (χ0) is 13.2. The first-order chi connectivity index (χ1) is 8.72. The molecule has 1 rings (SSSR count). The molecule has 0 aliphatic heterocycles. The van der Waals surface area contributed by atoms with Crippen molar-refractivity contribution in [3.8, 4) is 0 Å². The van der Waals surface area contributed by atoms with E-state index in [2.05, 4.69) is 19.2 Å². The summed E-state index contributed by atoms with van der Waals surface area (Å²) in [6, 6.07) is 0.606. The molecule has 0 heterocycles. The molecule has 0 aromatic heterocycles. The zero-order valence-electron chi connectivity index (χ0n) is 12.4. The molecule has 108 valence electrons. The van der Waals surface area contributed by atoms with E-state index in [0.717, 1.165) is 19.6 Å². The summed E-state index contributed by atoms with van der Waals surface area (Å²) in [4.78, 5) is 0. The number of ether oxygens (including phenoxy) is 2. The number of methoxy groups -OCH3 is 1. The van der Waals surface area contributed by atoms with Crippen LogP contribution in [0.25, 0.3) is 0 Å². The number of unbranched alkanes of at least 4 members (excludes halogenated alkanes) is 2. The lowest BCUT2D eigenvalue weighted by Crippen LogP contribution is -2.27. The summed E-state index contributed by atoms with van der Waals surface area (Å²) in [5, 5.41) is 3.44. The highest BCUT2D eigenvalue weighted by Gasteiger charge is 2.21. The molecular weight excluding hydrogens is 226 g/mol. The zero-order valence-corrected chi connectivity index (χ0v) is 12.4. The van der Waals surface area contributed by atoms with E-state index >= 15 is 0 Å². The van der Waals surface area contributed by atoms with Gasteiger partial charge in [0.25, 0.3) is 0 Å². The lowest BCUT2D eigenvalue weighted by atomic mass is 9.95. The SMILES string of the molecule is COC1CCCC(OCCCCCNC(C)C)C1. The molecule has 18 heavy (non-hydrogen) atoms. The van der Waals surface area contributed by atoms with Crippen LogP contribution in [0.2, 0.25) is 0 Å². The fraction of sp³-hybridized carbons (Fsp3) is 1.00. The average molecular weight is 257 g/mol. The minimum Gasteiger partial charge on any atom is -0.381 e. The molecule has 3 nitrogen and oxygen atoms in total. The van der Waals surface area contributed by atoms with Crippen molar-refractivity contribution >= 4 is 0 Å². The van der Waals surface area contributed by atoms with Crippen molar-refractivity contribution in [1.82, 2.24) is 5.32 Å². The number of nitrogens with one attached hydrogen (secondary N) is 1. The van der Waals surface area contributed by atoms with E-state index < -0.39 is 0 Å². The van der Waals surface area contributed by atoms with Gasteiger partial charge in [0.1, 0.15) is 0 Å². The van der Waals surface area contributed by atoms with Crippen LogP contribution in [0.15, 0.2) is 0 Å². The molecule has 1 fully saturated rings. The van der Waals surface area contributed by atoms with Crippen LogP contribution in [0, 0.1) is 0 Å². The first kappa shape index (κ1) is 15.9. The van der Waals surface area contributed by atoms with Crippen molar-refractivity contribution in [3.05, 3.63) is 0 Å². The molecule has 1 saturated carbocycles. The minimum absolute atomic E-state index is 0.430. The Balaban J connectivity index is 1.91. The predicted octanol–water partition coefficient (Wildman–Crippen LogP) is 3.13. The summed E-state index contributed by atoms with van der Waals surface area (Å²) >= 11 is 0. The quantitative estimate of drug-likeness (QED) is 0.644. The third-order valence-corrected chi connectivity index (χ3v) is 3.64. The summed E-state index contributed by atoms with van der Waals surface area (Å²) in [5.74, 6) is 0. The van der Waals surface area contributed by atoms with Crippen molar-refractivity contribution < 1.29 is 9.47 Å². The molecule has 2 unspecified atom stereocenters. The molecule has 3 heteroatoms. The monoisotopic (exact) mass is 257 g/mol. The second-order valence-electron chi connectivity index (χ2n) is 5.69. The van der Waals surface area contributed by atoms with Gasteiger partial charge in [-0.1, -0.05) is 13.8 Å². The van der Waals surface area contributed by atoms with E-state index in [-0.39, 0.29) is 0 Å². The standard InChI is InChI=1S/C15H31NO2/c1-13(2)16-10-5-4-6-11-18-15-9-7-8-14(12-15)17-3/h13-16H,4-12H2,1-3H3. The smallest absolute Gasteiger partial charge is 0.0599 e. The molecule has 0 bridgehead atoms. The molecule has 0 aromatic rings. The van der Waals surface area contributed by atoms with Gasteiger partial charge < -0.3 is 14.8 Å². The second kappa shape index (κ2) is 9.76. The lowest BCUT2D eigenvalue weighted by Gasteiger charge is -2.28. The fourth-order valence-corrected chi connectivity index (χ4v) is 2.51. The van der Waals surface area contributed by atoms with Gasteiger partial charge in [-0.25, -0.2) is 0 Å². The number of hydrogen-bond acceptors (Lipinski definition) is 3. The van der Waals surface area contributed by atoms with E-state index in [1.807, 2.05) is 7.11 Å². The average Bonchev–Trinajstić information content (AvgIpc) is 2.37. The number of hydrogen-bond donors (Lipinski definition) is 1. The van der Waals surface area contributed by atoms with E-state index in [4.69, 9.17) is 9.47 Å². The molecule has 1 aliphatic rings. The van der Waals surface area contributed by atoms with Crippen LogP contribution >= 0.6 is 0 Å². The maximum Gasteiger partial charge on any atom is 0.0599 e. The molecular formula is C15H31NO2. The van der Waals surface area contributed by atoms with Crippen molar-refractivity contribution in [3.63, 3.8) is 0 Å². The maximum atomic E-state index is 5.94. The van der Waals surface area contributed by atoms with Crippen LogP contribution < -0.4 is 5.32 Å². The number of rotatable bonds is 9. The Morgan fingerprint density at radius 3 is 2.61 bits per heavy atom. The molecule has 0 amide bonds. The Morgan fingerprint density at radius 1 is 1.11 bits per heavy atom. The highest BCUT2D eigenvalue weighted by Crippen LogP contribution is 2.23. The van der Waals surface area contributed by atoms with Crippen molar-refractivity contribution in [2.45, 2.75) is 77.0 Å². The fourth-order valence-electron chi connectivity index (χ4n) is 2.51. The van der Waals surface area contributed by atoms with Crippen LogP contribution in [0.3, 0.4) is 0 Å². The second-order valence-corrected chi connectivity index (χ2v) is 5.69. The van der Waals surface area contributed by atoms with E-state index in [0.29, 0.717) is 18.2 Å². The van der Waals surface area contributed by atoms with Crippen LogP contribution in [0.5, 0.6) is 0 Å². The van der Waals surface area contributed by atoms with Crippen molar-refractivity contribution in [1.29, 1.82) is 0 Å². The first-order valence-corrected chi connectivity index (χ1v) is 7.60. The van der Waals surface area contributed by atoms with Gasteiger partial charge in [-0.05, 0) is 51.5 Å². The van der Waals surface area contributed by atoms with Gasteiger partial charge in [0.2, 0.25) is 0 Å². The normalized spacial score (nSPS) is 24.7. The molecule has 0 saturated heterocycles. The van der Waals surface area contributed by atoms with Gasteiger partial charge in [-0.3, -0.25) is 0 Å². The minimum atomic E-state index is 0.430. The van der Waals surface area contributed by atoms with Gasteiger partial charge in [0.05, 0.1) is 12.2 Å². The van der Waals surface area contributed by atoms with Gasteiger partial charge in [-0.15, -0.1) is 0 Å². The van der Waals surface area contributed by atoms with Crippen LogP contribution in [0.1, 0.15) is 58.8 Å². The van der Waals surface area contributed by atoms with Crippen LogP contribution in [0.4, 0.5) is 0 Å². The molecule has 0 aromatic carbocycles. The molecule has 0 radical (unpaired) electrons. The molecule has 1 aliphatic carbocycles. The summed E-state index contributed by atoms with van der Waals surface area (Å²) < 4.78 is 11.4. The van der Waals surface area contributed by atoms with Crippen LogP contribution in [-0.2, 0) is 9.47 Å². The Hall–Kier alpha value is -0.120. The molecule has 1 N–H and O–H groups in total. The van der Waals surface area contributed by atoms with Gasteiger partial charge in [0.15, 0.2) is 0 Å². The first-order valence-electron chi connectivity index (χ1n) is 7.60. The lowest BCUT2D eigenvalue weighted by molar-refractivity contribution is -0.0302. The topological polar surface area (TPSA) is 30.5 Å². The Bertz CT molecular complexity index is 197. The van der Waals surface area contributed by atoms with Crippen LogP contribution in [-0.4, -0.2) is 38.5 Å². The third kappa shape index (κ3) is 7.34. The van der Waals surface area contributed by atoms with E-state index in [9.17, 15) is 0 Å². The van der Waals surface area contributed by atoms with Gasteiger partial charge >= 0.3 is 0 Å². The Labute approximate surface area is 113 Å². The maximum absolute atomic E-state index is 5.94. The highest BCUT2D eigenvalue weighted by molar-refractivity contribution is 4.73. The summed E-state index contributed by atoms with van der Waals surface area (Å²) in [6.45, 7) is 6.44. The van der Waals surface area contributed by atoms with Crippen molar-refractivity contribution in [2.24, 2.45) is 0 Å². The predicted molar refractivity (Wildman–Crippen MR) is 76.0 cm³/mol. The Morgan fingerprint density at radius 2 is 1.89 bits per heavy atom. The third-order valence-electron chi connectivity index (χ3n) is 3.64. The van der Waals surface area contributed by atoms with E-state index in [1.165, 1.54) is 38.5 Å². The van der Waals surface area contributed by atoms with Gasteiger partial charge in [-0.2, -0.15) is 0 Å². The molecule has 2 atom stereocenters.